The van der Waals surface area contributed by atoms with Crippen LogP contribution >= 0.6 is 23.8 Å². The first kappa shape index (κ1) is 24.9. The molecule has 194 valence electrons. The van der Waals surface area contributed by atoms with Crippen molar-refractivity contribution in [3.63, 3.8) is 0 Å². The highest BCUT2D eigenvalue weighted by atomic mass is 35.5. The molecule has 2 atom stereocenters. The highest BCUT2D eigenvalue weighted by Crippen LogP contribution is 2.44. The first-order valence-electron chi connectivity index (χ1n) is 13.0. The van der Waals surface area contributed by atoms with Gasteiger partial charge in [-0.25, -0.2) is 4.39 Å². The van der Waals surface area contributed by atoms with Gasteiger partial charge in [0.25, 0.3) is 0 Å². The van der Waals surface area contributed by atoms with Gasteiger partial charge < -0.3 is 19.7 Å². The lowest BCUT2D eigenvalue weighted by atomic mass is 9.98. The van der Waals surface area contributed by atoms with Crippen LogP contribution in [0.5, 0.6) is 0 Å². The Balaban J connectivity index is 1.43. The molecule has 4 aromatic rings. The van der Waals surface area contributed by atoms with Crippen LogP contribution in [0.3, 0.4) is 0 Å². The van der Waals surface area contributed by atoms with Gasteiger partial charge in [0.05, 0.1) is 28.1 Å². The van der Waals surface area contributed by atoms with E-state index in [4.69, 9.17) is 23.8 Å². The van der Waals surface area contributed by atoms with Crippen LogP contribution in [0, 0.1) is 11.7 Å². The minimum atomic E-state index is -0.289. The molecule has 4 heterocycles. The van der Waals surface area contributed by atoms with Crippen molar-refractivity contribution in [2.45, 2.75) is 31.8 Å². The van der Waals surface area contributed by atoms with E-state index in [0.717, 1.165) is 41.8 Å². The quantitative estimate of drug-likeness (QED) is 0.271. The zero-order valence-electron chi connectivity index (χ0n) is 21.1. The number of piperidine rings is 1. The fraction of sp³-hybridized carbons (Fsp3) is 0.267. The third-order valence-electron chi connectivity index (χ3n) is 7.63. The third-order valence-corrected chi connectivity index (χ3v) is 8.24. The highest BCUT2D eigenvalue weighted by molar-refractivity contribution is 7.80. The fourth-order valence-electron chi connectivity index (χ4n) is 5.59. The molecule has 2 aliphatic rings. The molecular weight excluding hydrogens is 517 g/mol. The number of nitrogens with zero attached hydrogens (tertiary/aromatic N) is 4. The van der Waals surface area contributed by atoms with E-state index in [1.807, 2.05) is 53.2 Å². The van der Waals surface area contributed by atoms with Gasteiger partial charge in [0, 0.05) is 36.9 Å². The van der Waals surface area contributed by atoms with E-state index in [0.29, 0.717) is 15.8 Å². The first-order valence-corrected chi connectivity index (χ1v) is 13.8. The second-order valence-electron chi connectivity index (χ2n) is 10.1. The Kier molecular flexibility index (Phi) is 6.80. The second-order valence-corrected chi connectivity index (χ2v) is 10.9. The molecular formula is C30H29ClFN5S. The third kappa shape index (κ3) is 4.54. The fourth-order valence-corrected chi connectivity index (χ4v) is 6.23. The van der Waals surface area contributed by atoms with Gasteiger partial charge in [-0.1, -0.05) is 36.7 Å². The Morgan fingerprint density at radius 3 is 2.50 bits per heavy atom. The summed E-state index contributed by atoms with van der Waals surface area (Å²) in [5.74, 6) is 0.454. The Labute approximate surface area is 232 Å². The molecule has 5 nitrogen and oxygen atoms in total. The van der Waals surface area contributed by atoms with Gasteiger partial charge in [-0.15, -0.1) is 0 Å². The summed E-state index contributed by atoms with van der Waals surface area (Å²) in [5, 5.41) is 4.76. The van der Waals surface area contributed by atoms with Gasteiger partial charge in [-0.05, 0) is 85.6 Å². The molecule has 0 spiro atoms. The van der Waals surface area contributed by atoms with E-state index in [9.17, 15) is 4.39 Å². The maximum absolute atomic E-state index is 14.9. The summed E-state index contributed by atoms with van der Waals surface area (Å²) in [6.45, 7) is 4.31. The topological polar surface area (TPSA) is 36.3 Å². The van der Waals surface area contributed by atoms with Crippen LogP contribution in [0.15, 0.2) is 85.2 Å². The Hall–Kier alpha value is -3.42. The predicted molar refractivity (Wildman–Crippen MR) is 156 cm³/mol. The van der Waals surface area contributed by atoms with E-state index < -0.39 is 0 Å². The summed E-state index contributed by atoms with van der Waals surface area (Å²) in [6.07, 6.45) is 6.00. The number of thiocarbonyl (C=S) groups is 1. The summed E-state index contributed by atoms with van der Waals surface area (Å²) in [6, 6.07) is 22.2. The predicted octanol–water partition coefficient (Wildman–Crippen LogP) is 7.08. The lowest BCUT2D eigenvalue weighted by Gasteiger charge is -2.33. The van der Waals surface area contributed by atoms with E-state index in [1.54, 1.807) is 18.3 Å². The van der Waals surface area contributed by atoms with Crippen LogP contribution in [0.4, 0.5) is 15.8 Å². The van der Waals surface area contributed by atoms with Crippen LogP contribution in [-0.2, 0) is 0 Å². The summed E-state index contributed by atoms with van der Waals surface area (Å²) >= 11 is 12.8. The molecule has 0 saturated carbocycles. The SMILES string of the molecule is CC1CCN(c2ccc(N3C(=S)N[C@H](c4ccccn4)[C@@H]3c3cccn3-c3ccccc3F)cc2Cl)CC1. The first-order chi connectivity index (χ1) is 18.5. The van der Waals surface area contributed by atoms with Crippen LogP contribution < -0.4 is 15.1 Å². The normalized spacial score (nSPS) is 20.1. The van der Waals surface area contributed by atoms with Crippen LogP contribution in [0.1, 0.15) is 43.2 Å². The second kappa shape index (κ2) is 10.4. The number of halogens is 2. The van der Waals surface area contributed by atoms with Gasteiger partial charge in [0.15, 0.2) is 5.11 Å². The lowest BCUT2D eigenvalue weighted by molar-refractivity contribution is 0.438. The highest BCUT2D eigenvalue weighted by Gasteiger charge is 2.42. The zero-order chi connectivity index (χ0) is 26.2. The van der Waals surface area contributed by atoms with E-state index in [2.05, 4.69) is 39.2 Å². The minimum Gasteiger partial charge on any atom is -0.370 e. The van der Waals surface area contributed by atoms with Crippen molar-refractivity contribution < 1.29 is 4.39 Å². The van der Waals surface area contributed by atoms with Gasteiger partial charge in [0.2, 0.25) is 0 Å². The summed E-state index contributed by atoms with van der Waals surface area (Å²) < 4.78 is 16.8. The molecule has 0 aliphatic carbocycles. The maximum atomic E-state index is 14.9. The maximum Gasteiger partial charge on any atom is 0.174 e. The largest absolute Gasteiger partial charge is 0.370 e. The molecule has 2 saturated heterocycles. The number of hydrogen-bond donors (Lipinski definition) is 1. The monoisotopic (exact) mass is 545 g/mol. The summed E-state index contributed by atoms with van der Waals surface area (Å²) in [7, 11) is 0. The van der Waals surface area contributed by atoms with Gasteiger partial charge >= 0.3 is 0 Å². The Morgan fingerprint density at radius 1 is 0.974 bits per heavy atom. The van der Waals surface area contributed by atoms with Gasteiger partial charge in [-0.2, -0.15) is 0 Å². The number of rotatable bonds is 5. The molecule has 8 heteroatoms. The summed E-state index contributed by atoms with van der Waals surface area (Å²) in [4.78, 5) is 9.08. The number of pyridine rings is 1. The molecule has 2 aliphatic heterocycles. The molecule has 1 N–H and O–H groups in total. The lowest BCUT2D eigenvalue weighted by Crippen LogP contribution is -2.33. The van der Waals surface area contributed by atoms with Crippen molar-refractivity contribution in [3.8, 4) is 5.69 Å². The number of para-hydroxylation sites is 1. The van der Waals surface area contributed by atoms with Gasteiger partial charge in [0.1, 0.15) is 11.9 Å². The van der Waals surface area contributed by atoms with Gasteiger partial charge in [-0.3, -0.25) is 4.98 Å². The van der Waals surface area contributed by atoms with Crippen molar-refractivity contribution in [2.75, 3.05) is 22.9 Å². The molecule has 2 fully saturated rings. The molecule has 2 aromatic heterocycles. The molecule has 0 amide bonds. The standard InChI is InChI=1S/C30H29ClFN5S/c1-20-13-17-35(18-14-20)25-12-11-21(19-22(25)31)37-29(28(34-30(37)38)24-8-4-5-15-33-24)27-10-6-16-36(27)26-9-3-2-7-23(26)32/h2-12,15-16,19-20,28-29H,13-14,17-18H2,1H3,(H,34,38)/t28-,29+/m1/s1. The Morgan fingerprint density at radius 2 is 1.76 bits per heavy atom. The molecule has 6 rings (SSSR count). The average Bonchev–Trinajstić information content (AvgIpc) is 3.54. The number of hydrogen-bond acceptors (Lipinski definition) is 3. The van der Waals surface area contributed by atoms with Crippen LogP contribution in [0.2, 0.25) is 5.02 Å². The van der Waals surface area contributed by atoms with Crippen LogP contribution in [0.25, 0.3) is 5.69 Å². The number of aromatic nitrogens is 2. The average molecular weight is 546 g/mol. The molecule has 0 radical (unpaired) electrons. The smallest absolute Gasteiger partial charge is 0.174 e. The number of nitrogens with one attached hydrogen (secondary N) is 1. The Bertz CT molecular complexity index is 1450. The molecule has 2 aromatic carbocycles. The van der Waals surface area contributed by atoms with E-state index in [1.165, 1.54) is 18.9 Å². The van der Waals surface area contributed by atoms with Crippen molar-refractivity contribution in [2.24, 2.45) is 5.92 Å². The van der Waals surface area contributed by atoms with Crippen molar-refractivity contribution in [3.05, 3.63) is 107 Å². The van der Waals surface area contributed by atoms with Crippen LogP contribution in [-0.4, -0.2) is 27.8 Å². The van der Waals surface area contributed by atoms with Crippen molar-refractivity contribution >= 4 is 40.3 Å². The summed E-state index contributed by atoms with van der Waals surface area (Å²) in [5.41, 5.74) is 4.16. The van der Waals surface area contributed by atoms with E-state index >= 15 is 0 Å². The number of anilines is 2. The number of benzene rings is 2. The van der Waals surface area contributed by atoms with Crippen molar-refractivity contribution in [1.29, 1.82) is 0 Å². The molecule has 0 unspecified atom stereocenters. The van der Waals surface area contributed by atoms with Crippen molar-refractivity contribution in [1.82, 2.24) is 14.9 Å². The van der Waals surface area contributed by atoms with E-state index in [-0.39, 0.29) is 17.9 Å². The minimum absolute atomic E-state index is 0.244. The molecule has 38 heavy (non-hydrogen) atoms. The zero-order valence-corrected chi connectivity index (χ0v) is 22.7. The molecule has 0 bridgehead atoms.